The smallest absolute Gasteiger partial charge is 0.314 e. The van der Waals surface area contributed by atoms with E-state index >= 15 is 0 Å². The van der Waals surface area contributed by atoms with E-state index in [9.17, 15) is 9.59 Å². The lowest BCUT2D eigenvalue weighted by Gasteiger charge is -2.08. The van der Waals surface area contributed by atoms with E-state index in [1.165, 1.54) is 18.9 Å². The van der Waals surface area contributed by atoms with Crippen molar-refractivity contribution in [3.05, 3.63) is 59.4 Å². The Kier molecular flexibility index (Phi) is 4.62. The van der Waals surface area contributed by atoms with Crippen LogP contribution in [0.15, 0.2) is 41.8 Å². The van der Waals surface area contributed by atoms with Crippen LogP contribution in [0.25, 0.3) is 6.08 Å². The highest BCUT2D eigenvalue weighted by atomic mass is 32.2. The lowest BCUT2D eigenvalue weighted by Crippen LogP contribution is -2.12. The quantitative estimate of drug-likeness (QED) is 0.472. The van der Waals surface area contributed by atoms with Gasteiger partial charge in [-0.2, -0.15) is 0 Å². The highest BCUT2D eigenvalue weighted by Gasteiger charge is 2.34. The molecule has 2 heterocycles. The number of ketones is 1. The van der Waals surface area contributed by atoms with Gasteiger partial charge in [0.15, 0.2) is 0 Å². The molecular formula is C19H19NO3S. The van der Waals surface area contributed by atoms with Crippen molar-refractivity contribution in [2.75, 3.05) is 13.4 Å². The Bertz CT molecular complexity index is 805. The zero-order chi connectivity index (χ0) is 17.3. The first kappa shape index (κ1) is 16.6. The average molecular weight is 341 g/mol. The van der Waals surface area contributed by atoms with Crippen LogP contribution in [-0.4, -0.2) is 29.7 Å². The summed E-state index contributed by atoms with van der Waals surface area (Å²) in [6.45, 7) is 4.38. The van der Waals surface area contributed by atoms with Gasteiger partial charge in [0, 0.05) is 22.7 Å². The highest BCUT2D eigenvalue weighted by molar-refractivity contribution is 7.98. The largest absolute Gasteiger partial charge is 0.469 e. The van der Waals surface area contributed by atoms with Crippen LogP contribution in [0.2, 0.25) is 0 Å². The van der Waals surface area contributed by atoms with Crippen molar-refractivity contribution in [3.8, 4) is 0 Å². The van der Waals surface area contributed by atoms with Crippen LogP contribution in [0.5, 0.6) is 0 Å². The molecule has 24 heavy (non-hydrogen) atoms. The number of rotatable bonds is 5. The van der Waals surface area contributed by atoms with Gasteiger partial charge in [-0.05, 0) is 24.3 Å². The van der Waals surface area contributed by atoms with Gasteiger partial charge in [-0.25, -0.2) is 0 Å². The number of methoxy groups -OCH3 is 1. The molecule has 0 aliphatic carbocycles. The van der Waals surface area contributed by atoms with E-state index in [4.69, 9.17) is 4.74 Å². The van der Waals surface area contributed by atoms with Crippen LogP contribution in [0, 0.1) is 0 Å². The van der Waals surface area contributed by atoms with E-state index in [1.54, 1.807) is 6.08 Å². The summed E-state index contributed by atoms with van der Waals surface area (Å²) in [5, 5.41) is 0. The Hall–Kier alpha value is -2.27. The van der Waals surface area contributed by atoms with E-state index < -0.39 is 0 Å². The molecule has 3 rings (SSSR count). The molecule has 1 aromatic carbocycles. The molecule has 0 saturated heterocycles. The van der Waals surface area contributed by atoms with Crippen LogP contribution in [0.4, 0.5) is 0 Å². The third kappa shape index (κ3) is 2.69. The molecule has 0 fully saturated rings. The van der Waals surface area contributed by atoms with Crippen molar-refractivity contribution < 1.29 is 14.3 Å². The summed E-state index contributed by atoms with van der Waals surface area (Å²) in [5.41, 5.74) is 3.15. The number of carbonyl (C=O) groups excluding carboxylic acids is 2. The number of ether oxygens (including phenoxy) is 1. The normalized spacial score (nSPS) is 15.8. The Balaban J connectivity index is 2.03. The van der Waals surface area contributed by atoms with Crippen LogP contribution in [0.1, 0.15) is 39.6 Å². The van der Waals surface area contributed by atoms with Gasteiger partial charge in [-0.15, -0.1) is 11.8 Å². The molecule has 0 amide bonds. The second kappa shape index (κ2) is 6.69. The molecule has 4 nitrogen and oxygen atoms in total. The van der Waals surface area contributed by atoms with E-state index in [1.807, 2.05) is 41.2 Å². The summed E-state index contributed by atoms with van der Waals surface area (Å²) in [6.07, 6.45) is 4.36. The Morgan fingerprint density at radius 2 is 2.04 bits per heavy atom. The number of hydrogen-bond acceptors (Lipinski definition) is 4. The molecule has 0 radical (unpaired) electrons. The van der Waals surface area contributed by atoms with E-state index in [0.29, 0.717) is 24.2 Å². The van der Waals surface area contributed by atoms with Crippen LogP contribution in [-0.2, 0) is 16.1 Å². The van der Waals surface area contributed by atoms with Crippen LogP contribution in [0.3, 0.4) is 0 Å². The Labute approximate surface area is 145 Å². The Morgan fingerprint density at radius 3 is 2.62 bits per heavy atom. The standard InChI is InChI=1S/C19H19NO3S/c1-4-12-5-7-13(8-6-12)18(21)17-16(24-3)11-15-14(19(22)23-2)9-10-20(15)17/h4-8,11,14H,1,9-10H2,2-3H3. The molecule has 1 atom stereocenters. The van der Waals surface area contributed by atoms with E-state index in [-0.39, 0.29) is 17.7 Å². The highest BCUT2D eigenvalue weighted by Crippen LogP contribution is 2.37. The maximum Gasteiger partial charge on any atom is 0.314 e. The minimum Gasteiger partial charge on any atom is -0.469 e. The lowest BCUT2D eigenvalue weighted by molar-refractivity contribution is -0.142. The third-order valence-electron chi connectivity index (χ3n) is 4.42. The summed E-state index contributed by atoms with van der Waals surface area (Å²) < 4.78 is 6.86. The third-order valence-corrected chi connectivity index (χ3v) is 5.17. The summed E-state index contributed by atoms with van der Waals surface area (Å²) in [4.78, 5) is 25.9. The van der Waals surface area contributed by atoms with Gasteiger partial charge in [0.25, 0.3) is 0 Å². The van der Waals surface area contributed by atoms with Crippen LogP contribution < -0.4 is 0 Å². The minimum absolute atomic E-state index is 0.0215. The van der Waals surface area contributed by atoms with E-state index in [2.05, 4.69) is 6.58 Å². The van der Waals surface area contributed by atoms with Crippen molar-refractivity contribution in [2.24, 2.45) is 0 Å². The molecule has 0 saturated carbocycles. The van der Waals surface area contributed by atoms with E-state index in [0.717, 1.165) is 16.2 Å². The van der Waals surface area contributed by atoms with Crippen LogP contribution >= 0.6 is 11.8 Å². The first-order valence-electron chi connectivity index (χ1n) is 7.73. The van der Waals surface area contributed by atoms with Gasteiger partial charge < -0.3 is 9.30 Å². The second-order valence-electron chi connectivity index (χ2n) is 5.66. The number of benzene rings is 1. The molecule has 0 spiro atoms. The molecule has 0 N–H and O–H groups in total. The number of carbonyl (C=O) groups is 2. The first-order valence-corrected chi connectivity index (χ1v) is 8.95. The summed E-state index contributed by atoms with van der Waals surface area (Å²) in [5.74, 6) is -0.550. The average Bonchev–Trinajstić information content (AvgIpc) is 3.19. The monoisotopic (exact) mass is 341 g/mol. The summed E-state index contributed by atoms with van der Waals surface area (Å²) in [7, 11) is 1.40. The van der Waals surface area contributed by atoms with Crippen molar-refractivity contribution in [3.63, 3.8) is 0 Å². The number of nitrogens with zero attached hydrogens (tertiary/aromatic N) is 1. The number of hydrogen-bond donors (Lipinski definition) is 0. The predicted octanol–water partition coefficient (Wildman–Crippen LogP) is 3.74. The predicted molar refractivity (Wildman–Crippen MR) is 95.6 cm³/mol. The molecule has 2 aromatic rings. The number of aromatic nitrogens is 1. The molecule has 124 valence electrons. The van der Waals surface area contributed by atoms with Gasteiger partial charge in [0.05, 0.1) is 13.0 Å². The van der Waals surface area contributed by atoms with Gasteiger partial charge in [-0.1, -0.05) is 36.9 Å². The minimum atomic E-state index is -0.286. The van der Waals surface area contributed by atoms with Crippen molar-refractivity contribution in [1.29, 1.82) is 0 Å². The fourth-order valence-electron chi connectivity index (χ4n) is 3.16. The lowest BCUT2D eigenvalue weighted by atomic mass is 10.0. The van der Waals surface area contributed by atoms with Crippen molar-refractivity contribution in [2.45, 2.75) is 23.8 Å². The molecular weight excluding hydrogens is 322 g/mol. The summed E-state index contributed by atoms with van der Waals surface area (Å²) >= 11 is 1.52. The first-order chi connectivity index (χ1) is 11.6. The van der Waals surface area contributed by atoms with Crippen molar-refractivity contribution >= 4 is 29.6 Å². The van der Waals surface area contributed by atoms with Gasteiger partial charge in [-0.3, -0.25) is 9.59 Å². The van der Waals surface area contributed by atoms with Crippen molar-refractivity contribution in [1.82, 2.24) is 4.57 Å². The summed E-state index contributed by atoms with van der Waals surface area (Å²) in [6, 6.07) is 9.34. The molecule has 0 bridgehead atoms. The molecule has 1 aromatic heterocycles. The second-order valence-corrected chi connectivity index (χ2v) is 6.51. The van der Waals surface area contributed by atoms with Gasteiger partial charge in [0.2, 0.25) is 5.78 Å². The number of esters is 1. The van der Waals surface area contributed by atoms with Gasteiger partial charge in [0.1, 0.15) is 5.69 Å². The molecule has 1 unspecified atom stereocenters. The maximum atomic E-state index is 13.0. The fourth-order valence-corrected chi connectivity index (χ4v) is 3.79. The SMILES string of the molecule is C=Cc1ccc(C(=O)c2c(SC)cc3n2CCC3C(=O)OC)cc1. The zero-order valence-corrected chi connectivity index (χ0v) is 14.6. The van der Waals surface area contributed by atoms with Gasteiger partial charge >= 0.3 is 5.97 Å². The Morgan fingerprint density at radius 1 is 1.33 bits per heavy atom. The number of fused-ring (bicyclic) bond motifs is 1. The zero-order valence-electron chi connectivity index (χ0n) is 13.7. The fraction of sp³-hybridized carbons (Fsp3) is 0.263. The maximum absolute atomic E-state index is 13.0. The number of thioether (sulfide) groups is 1. The molecule has 5 heteroatoms. The molecule has 1 aliphatic rings. The molecule has 1 aliphatic heterocycles. The topological polar surface area (TPSA) is 48.3 Å².